The van der Waals surface area contributed by atoms with Gasteiger partial charge in [-0.3, -0.25) is 4.79 Å². The van der Waals surface area contributed by atoms with Gasteiger partial charge >= 0.3 is 5.97 Å². The van der Waals surface area contributed by atoms with Gasteiger partial charge in [-0.1, -0.05) is 142 Å². The number of ether oxygens (including phenoxy) is 4. The summed E-state index contributed by atoms with van der Waals surface area (Å²) in [7, 11) is 0. The number of hydrogen-bond donors (Lipinski definition) is 4. The summed E-state index contributed by atoms with van der Waals surface area (Å²) in [5, 5.41) is 39.9. The van der Waals surface area contributed by atoms with Gasteiger partial charge in [-0.05, 0) is 38.5 Å². The normalized spacial score (nSPS) is 21.8. The van der Waals surface area contributed by atoms with Crippen LogP contribution in [0.1, 0.15) is 174 Å². The smallest absolute Gasteiger partial charge is 0.306 e. The van der Waals surface area contributed by atoms with Crippen LogP contribution >= 0.6 is 0 Å². The van der Waals surface area contributed by atoms with Crippen LogP contribution in [0, 0.1) is 0 Å². The lowest BCUT2D eigenvalue weighted by Crippen LogP contribution is -2.59. The maximum atomic E-state index is 12.6. The molecular formula is C40H76O9. The summed E-state index contributed by atoms with van der Waals surface area (Å²) in [5.41, 5.74) is 0. The highest BCUT2D eigenvalue weighted by Crippen LogP contribution is 2.22. The van der Waals surface area contributed by atoms with E-state index >= 15 is 0 Å². The molecule has 0 aliphatic carbocycles. The number of carbonyl (C=O) groups excluding carboxylic acids is 1. The maximum absolute atomic E-state index is 12.6. The van der Waals surface area contributed by atoms with E-state index < -0.39 is 43.4 Å². The summed E-state index contributed by atoms with van der Waals surface area (Å²) in [5.74, 6) is -0.318. The molecule has 6 atom stereocenters. The zero-order chi connectivity index (χ0) is 35.8. The fourth-order valence-electron chi connectivity index (χ4n) is 6.19. The molecule has 0 aromatic heterocycles. The Labute approximate surface area is 299 Å². The lowest BCUT2D eigenvalue weighted by molar-refractivity contribution is -0.305. The Morgan fingerprint density at radius 2 is 1.12 bits per heavy atom. The average molecular weight is 701 g/mol. The minimum absolute atomic E-state index is 0.111. The Morgan fingerprint density at radius 3 is 1.65 bits per heavy atom. The first-order chi connectivity index (χ1) is 23.9. The van der Waals surface area contributed by atoms with Crippen molar-refractivity contribution in [3.8, 4) is 0 Å². The predicted molar refractivity (Wildman–Crippen MR) is 196 cm³/mol. The third-order valence-electron chi connectivity index (χ3n) is 9.43. The van der Waals surface area contributed by atoms with E-state index in [2.05, 4.69) is 26.0 Å². The van der Waals surface area contributed by atoms with Gasteiger partial charge in [0.1, 0.15) is 30.5 Å². The van der Waals surface area contributed by atoms with Crippen LogP contribution in [0.25, 0.3) is 0 Å². The number of hydrogen-bond acceptors (Lipinski definition) is 9. The molecule has 0 radical (unpaired) electrons. The van der Waals surface area contributed by atoms with Crippen molar-refractivity contribution in [1.82, 2.24) is 0 Å². The second-order valence-corrected chi connectivity index (χ2v) is 14.1. The molecule has 0 aromatic rings. The van der Waals surface area contributed by atoms with Gasteiger partial charge in [0.2, 0.25) is 0 Å². The zero-order valence-electron chi connectivity index (χ0n) is 31.5. The van der Waals surface area contributed by atoms with Crippen molar-refractivity contribution in [1.29, 1.82) is 0 Å². The van der Waals surface area contributed by atoms with E-state index in [0.717, 1.165) is 32.1 Å². The number of esters is 1. The molecule has 0 amide bonds. The van der Waals surface area contributed by atoms with Gasteiger partial charge in [0.15, 0.2) is 6.29 Å². The second-order valence-electron chi connectivity index (χ2n) is 14.1. The van der Waals surface area contributed by atoms with Gasteiger partial charge < -0.3 is 39.4 Å². The summed E-state index contributed by atoms with van der Waals surface area (Å²) in [6.07, 6.45) is 26.7. The van der Waals surface area contributed by atoms with Crippen molar-refractivity contribution in [3.05, 3.63) is 12.2 Å². The molecular weight excluding hydrogens is 624 g/mol. The van der Waals surface area contributed by atoms with E-state index in [0.29, 0.717) is 13.0 Å². The maximum Gasteiger partial charge on any atom is 0.306 e. The minimum Gasteiger partial charge on any atom is -0.457 e. The molecule has 0 aromatic carbocycles. The Balaban J connectivity index is 2.27. The van der Waals surface area contributed by atoms with Crippen molar-refractivity contribution in [3.63, 3.8) is 0 Å². The fraction of sp³-hybridized carbons (Fsp3) is 0.925. The monoisotopic (exact) mass is 701 g/mol. The zero-order valence-corrected chi connectivity index (χ0v) is 31.5. The van der Waals surface area contributed by atoms with Crippen LogP contribution < -0.4 is 0 Å². The SMILES string of the molecule is CCCCCCCCC/C=C\CCCCCCCCOCC(COC1OC(CO)C(O)C(O)C1O)OC(=O)CCCCCCCCCCC. The number of allylic oxidation sites excluding steroid dienone is 2. The van der Waals surface area contributed by atoms with Crippen LogP contribution in [0.5, 0.6) is 0 Å². The first-order valence-electron chi connectivity index (χ1n) is 20.3. The lowest BCUT2D eigenvalue weighted by Gasteiger charge is -2.39. The number of carbonyl (C=O) groups is 1. The standard InChI is InChI=1S/C40H76O9/c1-3-5-7-9-11-13-14-15-16-17-18-19-20-22-24-26-28-30-46-32-34(33-47-40-39(45)38(44)37(43)35(31-41)49-40)48-36(42)29-27-25-23-21-12-10-8-6-4-2/h16-17,34-35,37-41,43-45H,3-15,18-33H2,1-2H3/b17-16-. The molecule has 0 spiro atoms. The third kappa shape index (κ3) is 24.7. The van der Waals surface area contributed by atoms with Crippen LogP contribution in [0.3, 0.4) is 0 Å². The molecule has 1 rings (SSSR count). The summed E-state index contributed by atoms with van der Waals surface area (Å²) in [6.45, 7) is 4.53. The van der Waals surface area contributed by atoms with E-state index in [1.54, 1.807) is 0 Å². The molecule has 6 unspecified atom stereocenters. The van der Waals surface area contributed by atoms with E-state index in [1.807, 2.05) is 0 Å². The molecule has 9 nitrogen and oxygen atoms in total. The Morgan fingerprint density at radius 1 is 0.633 bits per heavy atom. The highest BCUT2D eigenvalue weighted by molar-refractivity contribution is 5.69. The number of unbranched alkanes of at least 4 members (excludes halogenated alkanes) is 21. The molecule has 0 saturated carbocycles. The molecule has 0 bridgehead atoms. The molecule has 1 heterocycles. The quantitative estimate of drug-likeness (QED) is 0.0299. The van der Waals surface area contributed by atoms with Gasteiger partial charge in [0.05, 0.1) is 19.8 Å². The summed E-state index contributed by atoms with van der Waals surface area (Å²) >= 11 is 0. The second kappa shape index (κ2) is 32.8. The Hall–Kier alpha value is -1.07. The van der Waals surface area contributed by atoms with Gasteiger partial charge in [0.25, 0.3) is 0 Å². The van der Waals surface area contributed by atoms with Crippen molar-refractivity contribution < 1.29 is 44.2 Å². The first-order valence-corrected chi connectivity index (χ1v) is 20.3. The number of rotatable bonds is 34. The van der Waals surface area contributed by atoms with Crippen LogP contribution in [0.4, 0.5) is 0 Å². The van der Waals surface area contributed by atoms with E-state index in [4.69, 9.17) is 18.9 Å². The number of aliphatic hydroxyl groups is 4. The fourth-order valence-corrected chi connectivity index (χ4v) is 6.19. The number of aliphatic hydroxyl groups excluding tert-OH is 4. The topological polar surface area (TPSA) is 135 Å². The van der Waals surface area contributed by atoms with Gasteiger partial charge in [-0.25, -0.2) is 0 Å². The first kappa shape index (κ1) is 46.0. The van der Waals surface area contributed by atoms with E-state index in [-0.39, 0.29) is 19.2 Å². The predicted octanol–water partition coefficient (Wildman–Crippen LogP) is 8.08. The van der Waals surface area contributed by atoms with Crippen LogP contribution in [0.15, 0.2) is 12.2 Å². The molecule has 9 heteroatoms. The van der Waals surface area contributed by atoms with E-state index in [1.165, 1.54) is 122 Å². The van der Waals surface area contributed by atoms with Gasteiger partial charge in [0, 0.05) is 13.0 Å². The van der Waals surface area contributed by atoms with Crippen LogP contribution in [0.2, 0.25) is 0 Å². The van der Waals surface area contributed by atoms with Gasteiger partial charge in [-0.2, -0.15) is 0 Å². The van der Waals surface area contributed by atoms with Crippen molar-refractivity contribution >= 4 is 5.97 Å². The molecule has 1 saturated heterocycles. The van der Waals surface area contributed by atoms with Crippen LogP contribution in [-0.2, 0) is 23.7 Å². The molecule has 1 fully saturated rings. The van der Waals surface area contributed by atoms with E-state index in [9.17, 15) is 25.2 Å². The minimum atomic E-state index is -1.53. The molecule has 1 aliphatic rings. The van der Waals surface area contributed by atoms with Crippen molar-refractivity contribution in [2.75, 3.05) is 26.4 Å². The third-order valence-corrected chi connectivity index (χ3v) is 9.43. The highest BCUT2D eigenvalue weighted by atomic mass is 16.7. The van der Waals surface area contributed by atoms with Gasteiger partial charge in [-0.15, -0.1) is 0 Å². The molecule has 49 heavy (non-hydrogen) atoms. The lowest BCUT2D eigenvalue weighted by atomic mass is 9.99. The Bertz CT molecular complexity index is 762. The average Bonchev–Trinajstić information content (AvgIpc) is 3.10. The highest BCUT2D eigenvalue weighted by Gasteiger charge is 2.44. The van der Waals surface area contributed by atoms with Crippen molar-refractivity contribution in [2.45, 2.75) is 211 Å². The molecule has 290 valence electrons. The molecule has 4 N–H and O–H groups in total. The summed E-state index contributed by atoms with van der Waals surface area (Å²) < 4.78 is 22.7. The van der Waals surface area contributed by atoms with Crippen molar-refractivity contribution in [2.24, 2.45) is 0 Å². The Kier molecular flexibility index (Phi) is 30.8. The summed E-state index contributed by atoms with van der Waals surface area (Å²) in [6, 6.07) is 0. The van der Waals surface area contributed by atoms with Crippen LogP contribution in [-0.4, -0.2) is 89.6 Å². The molecule has 1 aliphatic heterocycles. The summed E-state index contributed by atoms with van der Waals surface area (Å²) in [4.78, 5) is 12.6. The largest absolute Gasteiger partial charge is 0.457 e.